The van der Waals surface area contributed by atoms with Crippen LogP contribution in [0.1, 0.15) is 16.8 Å². The van der Waals surface area contributed by atoms with Crippen LogP contribution < -0.4 is 15.4 Å². The molecule has 3 rings (SSSR count). The number of ether oxygens (including phenoxy) is 1. The average molecular weight is 286 g/mol. The molecule has 0 radical (unpaired) electrons. The number of hydrogen-bond donors (Lipinski definition) is 1. The van der Waals surface area contributed by atoms with E-state index < -0.39 is 5.82 Å². The van der Waals surface area contributed by atoms with Gasteiger partial charge < -0.3 is 15.4 Å². The lowest BCUT2D eigenvalue weighted by molar-refractivity contribution is 0.0987. The van der Waals surface area contributed by atoms with Crippen LogP contribution in [0.25, 0.3) is 0 Å². The molecule has 0 bridgehead atoms. The Bertz CT molecular complexity index is 688. The smallest absolute Gasteiger partial charge is 0.258 e. The quantitative estimate of drug-likeness (QED) is 0.820. The Morgan fingerprint density at radius 3 is 2.86 bits per heavy atom. The lowest BCUT2D eigenvalue weighted by Gasteiger charge is -2.22. The fraction of sp³-hybridized carbons (Fsp3) is 0.188. The predicted molar refractivity (Wildman–Crippen MR) is 79.0 cm³/mol. The summed E-state index contributed by atoms with van der Waals surface area (Å²) in [5.41, 5.74) is 6.61. The van der Waals surface area contributed by atoms with Gasteiger partial charge in [-0.05, 0) is 36.8 Å². The number of anilines is 2. The third kappa shape index (κ3) is 2.54. The van der Waals surface area contributed by atoms with Crippen molar-refractivity contribution in [2.75, 3.05) is 23.8 Å². The first-order valence-electron chi connectivity index (χ1n) is 6.75. The van der Waals surface area contributed by atoms with Crippen LogP contribution in [0, 0.1) is 5.82 Å². The number of carbonyl (C=O) groups is 1. The molecule has 0 unspecified atom stereocenters. The van der Waals surface area contributed by atoms with Crippen molar-refractivity contribution in [3.05, 3.63) is 53.8 Å². The molecule has 2 N–H and O–H groups in total. The molecule has 0 fully saturated rings. The first-order valence-corrected chi connectivity index (χ1v) is 6.75. The number of nitrogens with two attached hydrogens (primary N) is 1. The Labute approximate surface area is 121 Å². The number of benzene rings is 2. The van der Waals surface area contributed by atoms with E-state index >= 15 is 0 Å². The summed E-state index contributed by atoms with van der Waals surface area (Å²) < 4.78 is 18.9. The molecule has 0 spiro atoms. The Balaban J connectivity index is 1.99. The summed E-state index contributed by atoms with van der Waals surface area (Å²) in [6.45, 7) is 1.11. The van der Waals surface area contributed by atoms with Crippen molar-refractivity contribution in [3.63, 3.8) is 0 Å². The van der Waals surface area contributed by atoms with Crippen molar-refractivity contribution in [1.82, 2.24) is 0 Å². The molecule has 2 aromatic rings. The first kappa shape index (κ1) is 13.4. The monoisotopic (exact) mass is 286 g/mol. The fourth-order valence-corrected chi connectivity index (χ4v) is 2.37. The standard InChI is InChI=1S/C16H15FN2O2/c17-12-7-6-11(10-13(12)18)16(20)19-8-3-9-21-15-5-2-1-4-14(15)19/h1-2,4-7,10H,3,8-9,18H2. The van der Waals surface area contributed by atoms with Crippen LogP contribution in [-0.2, 0) is 0 Å². The summed E-state index contributed by atoms with van der Waals surface area (Å²) in [6.07, 6.45) is 0.733. The van der Waals surface area contributed by atoms with Gasteiger partial charge in [0.25, 0.3) is 5.91 Å². The highest BCUT2D eigenvalue weighted by Gasteiger charge is 2.23. The van der Waals surface area contributed by atoms with Gasteiger partial charge in [-0.1, -0.05) is 12.1 Å². The minimum Gasteiger partial charge on any atom is -0.491 e. The second-order valence-electron chi connectivity index (χ2n) is 4.86. The molecule has 0 aromatic heterocycles. The maximum absolute atomic E-state index is 13.2. The normalized spacial score (nSPS) is 14.0. The number of halogens is 1. The second kappa shape index (κ2) is 5.44. The highest BCUT2D eigenvalue weighted by molar-refractivity contribution is 6.07. The Morgan fingerprint density at radius 1 is 1.24 bits per heavy atom. The number of hydrogen-bond acceptors (Lipinski definition) is 3. The van der Waals surface area contributed by atoms with Crippen molar-refractivity contribution in [2.45, 2.75) is 6.42 Å². The van der Waals surface area contributed by atoms with Gasteiger partial charge in [0.2, 0.25) is 0 Å². The second-order valence-corrected chi connectivity index (χ2v) is 4.86. The van der Waals surface area contributed by atoms with Crippen molar-refractivity contribution < 1.29 is 13.9 Å². The Hall–Kier alpha value is -2.56. The van der Waals surface area contributed by atoms with E-state index in [-0.39, 0.29) is 11.6 Å². The molecule has 0 aliphatic carbocycles. The molecule has 5 heteroatoms. The van der Waals surface area contributed by atoms with Gasteiger partial charge in [0, 0.05) is 12.1 Å². The van der Waals surface area contributed by atoms with Gasteiger partial charge in [0.15, 0.2) is 0 Å². The van der Waals surface area contributed by atoms with E-state index in [2.05, 4.69) is 0 Å². The molecule has 4 nitrogen and oxygen atoms in total. The number of nitrogens with zero attached hydrogens (tertiary/aromatic N) is 1. The van der Waals surface area contributed by atoms with Gasteiger partial charge in [-0.15, -0.1) is 0 Å². The lowest BCUT2D eigenvalue weighted by Crippen LogP contribution is -2.31. The zero-order chi connectivity index (χ0) is 14.8. The molecule has 0 saturated heterocycles. The molecular formula is C16H15FN2O2. The number of para-hydroxylation sites is 2. The molecule has 0 saturated carbocycles. The maximum Gasteiger partial charge on any atom is 0.258 e. The third-order valence-electron chi connectivity index (χ3n) is 3.43. The van der Waals surface area contributed by atoms with Crippen LogP contribution in [-0.4, -0.2) is 19.1 Å². The topological polar surface area (TPSA) is 55.6 Å². The van der Waals surface area contributed by atoms with Crippen LogP contribution in [0.4, 0.5) is 15.8 Å². The summed E-state index contributed by atoms with van der Waals surface area (Å²) in [5.74, 6) is -0.0516. The summed E-state index contributed by atoms with van der Waals surface area (Å²) in [7, 11) is 0. The van der Waals surface area contributed by atoms with Gasteiger partial charge in [-0.2, -0.15) is 0 Å². The predicted octanol–water partition coefficient (Wildman–Crippen LogP) is 2.84. The number of nitrogen functional groups attached to an aromatic ring is 1. The van der Waals surface area contributed by atoms with Crippen LogP contribution in [0.5, 0.6) is 5.75 Å². The van der Waals surface area contributed by atoms with Crippen molar-refractivity contribution >= 4 is 17.3 Å². The highest BCUT2D eigenvalue weighted by Crippen LogP contribution is 2.31. The minimum absolute atomic E-state index is 0.0276. The summed E-state index contributed by atoms with van der Waals surface area (Å²) in [4.78, 5) is 14.3. The minimum atomic E-state index is -0.522. The van der Waals surface area contributed by atoms with Crippen molar-refractivity contribution in [2.24, 2.45) is 0 Å². The lowest BCUT2D eigenvalue weighted by atomic mass is 10.1. The molecule has 1 aliphatic heterocycles. The van der Waals surface area contributed by atoms with E-state index in [1.165, 1.54) is 18.2 Å². The summed E-state index contributed by atoms with van der Waals surface area (Å²) >= 11 is 0. The van der Waals surface area contributed by atoms with E-state index in [0.29, 0.717) is 24.5 Å². The number of rotatable bonds is 1. The van der Waals surface area contributed by atoms with Crippen molar-refractivity contribution in [3.8, 4) is 5.75 Å². The first-order chi connectivity index (χ1) is 10.2. The average Bonchev–Trinajstić information content (AvgIpc) is 2.71. The molecule has 2 aromatic carbocycles. The number of fused-ring (bicyclic) bond motifs is 1. The van der Waals surface area contributed by atoms with Crippen LogP contribution in [0.15, 0.2) is 42.5 Å². The molecule has 1 amide bonds. The van der Waals surface area contributed by atoms with Crippen molar-refractivity contribution in [1.29, 1.82) is 0 Å². The maximum atomic E-state index is 13.2. The van der Waals surface area contributed by atoms with Gasteiger partial charge in [0.05, 0.1) is 18.0 Å². The van der Waals surface area contributed by atoms with Gasteiger partial charge in [-0.25, -0.2) is 4.39 Å². The molecule has 1 heterocycles. The molecule has 1 aliphatic rings. The van der Waals surface area contributed by atoms with E-state index in [4.69, 9.17) is 10.5 Å². The van der Waals surface area contributed by atoms with E-state index in [9.17, 15) is 9.18 Å². The molecule has 108 valence electrons. The van der Waals surface area contributed by atoms with Gasteiger partial charge in [-0.3, -0.25) is 4.79 Å². The van der Waals surface area contributed by atoms with E-state index in [1.807, 2.05) is 24.3 Å². The van der Waals surface area contributed by atoms with Crippen LogP contribution in [0.3, 0.4) is 0 Å². The van der Waals surface area contributed by atoms with Gasteiger partial charge in [0.1, 0.15) is 11.6 Å². The SMILES string of the molecule is Nc1cc(C(=O)N2CCCOc3ccccc32)ccc1F. The number of carbonyl (C=O) groups excluding carboxylic acids is 1. The zero-order valence-electron chi connectivity index (χ0n) is 11.4. The van der Waals surface area contributed by atoms with E-state index in [1.54, 1.807) is 4.90 Å². The fourth-order valence-electron chi connectivity index (χ4n) is 2.37. The number of amides is 1. The van der Waals surface area contributed by atoms with Crippen LogP contribution in [0.2, 0.25) is 0 Å². The summed E-state index contributed by atoms with van der Waals surface area (Å²) in [5, 5.41) is 0. The molecule has 0 atom stereocenters. The zero-order valence-corrected chi connectivity index (χ0v) is 11.4. The largest absolute Gasteiger partial charge is 0.491 e. The molecule has 21 heavy (non-hydrogen) atoms. The van der Waals surface area contributed by atoms with E-state index in [0.717, 1.165) is 12.1 Å². The Morgan fingerprint density at radius 2 is 2.05 bits per heavy atom. The van der Waals surface area contributed by atoms with Crippen LogP contribution >= 0.6 is 0 Å². The highest BCUT2D eigenvalue weighted by atomic mass is 19.1. The molecular weight excluding hydrogens is 271 g/mol. The van der Waals surface area contributed by atoms with Gasteiger partial charge >= 0.3 is 0 Å². The Kier molecular flexibility index (Phi) is 3.48. The third-order valence-corrected chi connectivity index (χ3v) is 3.43. The summed E-state index contributed by atoms with van der Waals surface area (Å²) in [6, 6.07) is 11.4.